The molecule has 170 valence electrons. The fourth-order valence-electron chi connectivity index (χ4n) is 2.83. The Hall–Kier alpha value is -2.11. The minimum atomic E-state index is -5.03. The van der Waals surface area contributed by atoms with Crippen molar-refractivity contribution in [3.8, 4) is 12.3 Å². The van der Waals surface area contributed by atoms with Crippen LogP contribution in [0.4, 0.5) is 5.95 Å². The number of nitrogens with two attached hydrogens (primary N) is 1. The third kappa shape index (κ3) is 5.21. The van der Waals surface area contributed by atoms with Crippen molar-refractivity contribution in [3.05, 3.63) is 16.7 Å². The lowest BCUT2D eigenvalue weighted by atomic mass is 10.1. The van der Waals surface area contributed by atoms with Gasteiger partial charge in [0.2, 0.25) is 5.95 Å². The minimum Gasteiger partial charge on any atom is -0.387 e. The van der Waals surface area contributed by atoms with Crippen LogP contribution in [-0.4, -0.2) is 70.6 Å². The second kappa shape index (κ2) is 8.79. The Morgan fingerprint density at radius 2 is 2.06 bits per heavy atom. The Kier molecular flexibility index (Phi) is 6.68. The van der Waals surface area contributed by atoms with Gasteiger partial charge in [-0.3, -0.25) is 23.4 Å². The van der Waals surface area contributed by atoms with Crippen molar-refractivity contribution in [2.24, 2.45) is 0 Å². The summed E-state index contributed by atoms with van der Waals surface area (Å²) in [7, 11) is -9.54. The number of phosphoric ester groups is 1. The highest BCUT2D eigenvalue weighted by molar-refractivity contribution is 7.64. The lowest BCUT2D eigenvalue weighted by Crippen LogP contribution is -2.33. The first-order valence-corrected chi connectivity index (χ1v) is 11.9. The molecule has 1 fully saturated rings. The predicted octanol–water partition coefficient (Wildman–Crippen LogP) is -1.34. The van der Waals surface area contributed by atoms with Gasteiger partial charge in [-0.1, -0.05) is 0 Å². The summed E-state index contributed by atoms with van der Waals surface area (Å²) < 4.78 is 39.2. The number of nitrogens with zero attached hydrogens (tertiary/aromatic N) is 3. The maximum atomic E-state index is 11.9. The van der Waals surface area contributed by atoms with E-state index in [0.29, 0.717) is 0 Å². The standard InChI is InChI=1S/C14H19N5O10P2/c1-2-3-4-30(23,24)29-31(25,26)27-5-7-9(20)10(21)13(28-7)19-6-16-8-11(19)17-14(15)18-12(8)22/h1,6-7,9-10,13,20-21H,3-5H2,(H,23,24)(H,25,26)(H3,15,17,18,22)/t7-,9?,10+,13-/m1/s1. The molecule has 31 heavy (non-hydrogen) atoms. The number of rotatable bonds is 8. The highest BCUT2D eigenvalue weighted by atomic mass is 31.3. The molecule has 7 N–H and O–H groups in total. The van der Waals surface area contributed by atoms with Gasteiger partial charge in [-0.15, -0.1) is 12.3 Å². The second-order valence-corrected chi connectivity index (χ2v) is 10.1. The zero-order valence-electron chi connectivity index (χ0n) is 15.6. The monoisotopic (exact) mass is 479 g/mol. The molecule has 2 aromatic rings. The van der Waals surface area contributed by atoms with Gasteiger partial charge in [-0.05, 0) is 0 Å². The molecule has 3 rings (SSSR count). The first-order chi connectivity index (χ1) is 14.4. The summed E-state index contributed by atoms with van der Waals surface area (Å²) >= 11 is 0. The molecule has 6 atom stereocenters. The summed E-state index contributed by atoms with van der Waals surface area (Å²) in [6.45, 7) is -0.791. The van der Waals surface area contributed by atoms with Gasteiger partial charge >= 0.3 is 15.4 Å². The number of anilines is 1. The number of aromatic amines is 1. The van der Waals surface area contributed by atoms with E-state index in [0.717, 1.165) is 10.9 Å². The van der Waals surface area contributed by atoms with Gasteiger partial charge < -0.3 is 30.5 Å². The van der Waals surface area contributed by atoms with Crippen LogP contribution < -0.4 is 11.3 Å². The predicted molar refractivity (Wildman–Crippen MR) is 103 cm³/mol. The summed E-state index contributed by atoms with van der Waals surface area (Å²) in [5.41, 5.74) is 4.74. The lowest BCUT2D eigenvalue weighted by molar-refractivity contribution is -0.0501. The summed E-state index contributed by atoms with van der Waals surface area (Å²) in [5, 5.41) is 20.5. The van der Waals surface area contributed by atoms with E-state index in [1.54, 1.807) is 0 Å². The molecule has 0 radical (unpaired) electrons. The fourth-order valence-corrected chi connectivity index (χ4v) is 5.38. The molecule has 2 aromatic heterocycles. The van der Waals surface area contributed by atoms with E-state index >= 15 is 0 Å². The molecule has 17 heteroatoms. The smallest absolute Gasteiger partial charge is 0.387 e. The van der Waals surface area contributed by atoms with Crippen LogP contribution in [0.25, 0.3) is 11.2 Å². The lowest BCUT2D eigenvalue weighted by Gasteiger charge is -2.19. The number of ether oxygens (including phenoxy) is 1. The summed E-state index contributed by atoms with van der Waals surface area (Å²) in [6, 6.07) is 0. The zero-order valence-corrected chi connectivity index (χ0v) is 17.4. The molecule has 3 heterocycles. The summed E-state index contributed by atoms with van der Waals surface area (Å²) in [6.07, 6.45) is -0.489. The third-order valence-electron chi connectivity index (χ3n) is 4.23. The summed E-state index contributed by atoms with van der Waals surface area (Å²) in [4.78, 5) is 41.1. The van der Waals surface area contributed by atoms with Gasteiger partial charge in [0.15, 0.2) is 17.4 Å². The number of hydrogen-bond acceptors (Lipinski definition) is 11. The number of H-pyrrole nitrogens is 1. The van der Waals surface area contributed by atoms with Gasteiger partial charge in [0.1, 0.15) is 18.3 Å². The Morgan fingerprint density at radius 1 is 1.35 bits per heavy atom. The minimum absolute atomic E-state index is 0.0371. The highest BCUT2D eigenvalue weighted by Gasteiger charge is 2.46. The first kappa shape index (κ1) is 23.6. The largest absolute Gasteiger partial charge is 0.479 e. The van der Waals surface area contributed by atoms with Crippen molar-refractivity contribution in [1.82, 2.24) is 19.5 Å². The second-order valence-electron chi connectivity index (χ2n) is 6.48. The maximum Gasteiger partial charge on any atom is 0.479 e. The van der Waals surface area contributed by atoms with E-state index in [9.17, 15) is 33.9 Å². The fraction of sp³-hybridized carbons (Fsp3) is 0.500. The Balaban J connectivity index is 1.72. The normalized spacial score (nSPS) is 27.6. The molecule has 3 unspecified atom stereocenters. The van der Waals surface area contributed by atoms with Gasteiger partial charge in [0.05, 0.1) is 19.1 Å². The van der Waals surface area contributed by atoms with Crippen molar-refractivity contribution >= 4 is 32.5 Å². The first-order valence-electron chi connectivity index (χ1n) is 8.62. The van der Waals surface area contributed by atoms with E-state index in [1.165, 1.54) is 0 Å². The number of aliphatic hydroxyl groups excluding tert-OH is 2. The molecular formula is C14H19N5O10P2. The van der Waals surface area contributed by atoms with E-state index in [4.69, 9.17) is 16.9 Å². The molecular weight excluding hydrogens is 460 g/mol. The number of phosphoric acid groups is 1. The Labute approximate surface area is 174 Å². The molecule has 15 nitrogen and oxygen atoms in total. The van der Waals surface area contributed by atoms with E-state index in [2.05, 4.69) is 29.7 Å². The molecule has 1 saturated heterocycles. The topological polar surface area (TPSA) is 232 Å². The number of imidazole rings is 1. The Bertz CT molecular complexity index is 1160. The van der Waals surface area contributed by atoms with Crippen LogP contribution in [0, 0.1) is 12.3 Å². The molecule has 1 aliphatic heterocycles. The third-order valence-corrected chi connectivity index (χ3v) is 7.34. The Morgan fingerprint density at radius 3 is 2.74 bits per heavy atom. The number of nitrogen functional groups attached to an aromatic ring is 1. The van der Waals surface area contributed by atoms with E-state index < -0.39 is 58.3 Å². The van der Waals surface area contributed by atoms with Crippen LogP contribution >= 0.6 is 15.4 Å². The number of aliphatic hydroxyl groups is 2. The van der Waals surface area contributed by atoms with Crippen LogP contribution in [0.5, 0.6) is 0 Å². The van der Waals surface area contributed by atoms with Crippen LogP contribution in [0.15, 0.2) is 11.1 Å². The number of nitrogens with one attached hydrogen (secondary N) is 1. The zero-order chi connectivity index (χ0) is 23.0. The molecule has 0 saturated carbocycles. The van der Waals surface area contributed by atoms with Crippen LogP contribution in [0.2, 0.25) is 0 Å². The highest BCUT2D eigenvalue weighted by Crippen LogP contribution is 2.60. The summed E-state index contributed by atoms with van der Waals surface area (Å²) in [5.74, 6) is 1.87. The number of fused-ring (bicyclic) bond motifs is 1. The molecule has 0 aromatic carbocycles. The number of hydrogen-bond donors (Lipinski definition) is 6. The van der Waals surface area contributed by atoms with Gasteiger partial charge in [-0.25, -0.2) is 13.9 Å². The van der Waals surface area contributed by atoms with Crippen LogP contribution in [0.1, 0.15) is 12.6 Å². The average molecular weight is 479 g/mol. The van der Waals surface area contributed by atoms with Gasteiger partial charge in [0.25, 0.3) is 5.56 Å². The number of terminal acetylenes is 1. The molecule has 0 bridgehead atoms. The van der Waals surface area contributed by atoms with Gasteiger partial charge in [0, 0.05) is 6.42 Å². The van der Waals surface area contributed by atoms with E-state index in [-0.39, 0.29) is 23.5 Å². The SMILES string of the molecule is C#CCCP(=O)(O)OP(=O)(O)OC[C@H]1O[C@@H](n2cnc3c(=O)[nH]c(N)nc32)[C@@H](O)C1O. The average Bonchev–Trinajstić information content (AvgIpc) is 3.20. The number of aromatic nitrogens is 4. The molecule has 0 aliphatic carbocycles. The van der Waals surface area contributed by atoms with Gasteiger partial charge in [-0.2, -0.15) is 4.98 Å². The molecule has 0 spiro atoms. The molecule has 0 amide bonds. The van der Waals surface area contributed by atoms with Crippen LogP contribution in [0.3, 0.4) is 0 Å². The van der Waals surface area contributed by atoms with Crippen molar-refractivity contribution in [1.29, 1.82) is 0 Å². The van der Waals surface area contributed by atoms with Crippen LogP contribution in [-0.2, 0) is 22.7 Å². The van der Waals surface area contributed by atoms with Crippen molar-refractivity contribution in [2.75, 3.05) is 18.5 Å². The van der Waals surface area contributed by atoms with E-state index in [1.807, 2.05) is 0 Å². The quantitative estimate of drug-likeness (QED) is 0.190. The van der Waals surface area contributed by atoms with Crippen molar-refractivity contribution in [2.45, 2.75) is 31.0 Å². The molecule has 1 aliphatic rings. The van der Waals surface area contributed by atoms with Crippen molar-refractivity contribution in [3.63, 3.8) is 0 Å². The maximum absolute atomic E-state index is 11.9. The van der Waals surface area contributed by atoms with Crippen molar-refractivity contribution < 1.29 is 42.7 Å².